The highest BCUT2D eigenvalue weighted by Gasteiger charge is 2.67. The SMILES string of the molecule is CCCCCCc1ccc(-c2cc(-c3ccc(CCCCCC)cc3)cc(-c3ccc(-c4cccc5c4-c4ccccc4C46CC(CC7CCCCC7)CC54CC(CC4CCCCC4)C6)nc3)c2)cc1. The van der Waals surface area contributed by atoms with Crippen LogP contribution in [0.5, 0.6) is 0 Å². The summed E-state index contributed by atoms with van der Waals surface area (Å²) in [5.41, 5.74) is 19.6. The van der Waals surface area contributed by atoms with Crippen molar-refractivity contribution in [2.24, 2.45) is 23.7 Å². The highest BCUT2D eigenvalue weighted by molar-refractivity contribution is 5.91. The summed E-state index contributed by atoms with van der Waals surface area (Å²) in [6, 6.07) is 48.1. The lowest BCUT2D eigenvalue weighted by atomic mass is 9.55. The summed E-state index contributed by atoms with van der Waals surface area (Å²) in [5.74, 6) is 3.51. The van der Waals surface area contributed by atoms with Crippen LogP contribution in [0.1, 0.15) is 190 Å². The molecule has 0 radical (unpaired) electrons. The van der Waals surface area contributed by atoms with Crippen LogP contribution in [0, 0.1) is 23.7 Å². The van der Waals surface area contributed by atoms with Gasteiger partial charge in [0.25, 0.3) is 0 Å². The Hall–Kier alpha value is -4.75. The van der Waals surface area contributed by atoms with Crippen molar-refractivity contribution in [2.45, 2.75) is 192 Å². The Balaban J connectivity index is 0.942. The Labute approximate surface area is 423 Å². The second-order valence-electron chi connectivity index (χ2n) is 23.7. The molecular formula is C69H83N. The van der Waals surface area contributed by atoms with E-state index in [9.17, 15) is 0 Å². The molecule has 5 aromatic carbocycles. The van der Waals surface area contributed by atoms with Gasteiger partial charge in [-0.05, 0) is 173 Å². The molecule has 364 valence electrons. The zero-order valence-electron chi connectivity index (χ0n) is 43.3. The topological polar surface area (TPSA) is 12.9 Å². The van der Waals surface area contributed by atoms with Crippen molar-refractivity contribution in [2.75, 3.05) is 0 Å². The Kier molecular flexibility index (Phi) is 14.6. The summed E-state index contributed by atoms with van der Waals surface area (Å²) in [6.07, 6.45) is 37.9. The number of aromatic nitrogens is 1. The first-order valence-corrected chi connectivity index (χ1v) is 29.1. The van der Waals surface area contributed by atoms with E-state index in [-0.39, 0.29) is 10.8 Å². The summed E-state index contributed by atoms with van der Waals surface area (Å²) in [4.78, 5) is 5.47. The third-order valence-electron chi connectivity index (χ3n) is 19.1. The first-order valence-electron chi connectivity index (χ1n) is 29.1. The van der Waals surface area contributed by atoms with Crippen molar-refractivity contribution >= 4 is 0 Å². The molecule has 5 aliphatic rings. The number of hydrogen-bond donors (Lipinski definition) is 0. The van der Waals surface area contributed by atoms with E-state index in [1.54, 1.807) is 11.1 Å². The van der Waals surface area contributed by atoms with Crippen LogP contribution in [0.2, 0.25) is 0 Å². The minimum Gasteiger partial charge on any atom is -0.256 e. The molecule has 0 spiro atoms. The van der Waals surface area contributed by atoms with E-state index in [2.05, 4.69) is 141 Å². The van der Waals surface area contributed by atoms with Crippen molar-refractivity contribution in [3.8, 4) is 55.8 Å². The fourth-order valence-corrected chi connectivity index (χ4v) is 15.8. The number of pyridine rings is 1. The lowest BCUT2D eigenvalue weighted by molar-refractivity contribution is 0.253. The quantitative estimate of drug-likeness (QED) is 0.0783. The molecule has 1 nitrogen and oxygen atoms in total. The maximum Gasteiger partial charge on any atom is 0.0708 e. The summed E-state index contributed by atoms with van der Waals surface area (Å²) < 4.78 is 0. The van der Waals surface area contributed by atoms with Gasteiger partial charge in [-0.2, -0.15) is 0 Å². The summed E-state index contributed by atoms with van der Waals surface area (Å²) >= 11 is 0. The highest BCUT2D eigenvalue weighted by Crippen LogP contribution is 2.73. The van der Waals surface area contributed by atoms with E-state index in [0.29, 0.717) is 0 Å². The van der Waals surface area contributed by atoms with Gasteiger partial charge in [-0.1, -0.05) is 214 Å². The van der Waals surface area contributed by atoms with Crippen molar-refractivity contribution in [3.63, 3.8) is 0 Å². The van der Waals surface area contributed by atoms with Crippen LogP contribution >= 0.6 is 0 Å². The minimum atomic E-state index is 0.211. The van der Waals surface area contributed by atoms with Gasteiger partial charge in [0.1, 0.15) is 0 Å². The average Bonchev–Trinajstić information content (AvgIpc) is 3.90. The molecular weight excluding hydrogens is 843 g/mol. The van der Waals surface area contributed by atoms with E-state index in [1.165, 1.54) is 215 Å². The van der Waals surface area contributed by atoms with Crippen molar-refractivity contribution in [1.29, 1.82) is 0 Å². The molecule has 4 fully saturated rings. The van der Waals surface area contributed by atoms with Gasteiger partial charge in [-0.3, -0.25) is 4.98 Å². The van der Waals surface area contributed by atoms with Gasteiger partial charge in [0.2, 0.25) is 0 Å². The second kappa shape index (κ2) is 21.5. The zero-order chi connectivity index (χ0) is 47.3. The molecule has 1 heteroatoms. The van der Waals surface area contributed by atoms with E-state index in [0.717, 1.165) is 42.2 Å². The van der Waals surface area contributed by atoms with E-state index < -0.39 is 0 Å². The third-order valence-corrected chi connectivity index (χ3v) is 19.1. The lowest BCUT2D eigenvalue weighted by Gasteiger charge is -2.48. The normalized spacial score (nSPS) is 23.2. The number of nitrogens with zero attached hydrogens (tertiary/aromatic N) is 1. The molecule has 0 N–H and O–H groups in total. The van der Waals surface area contributed by atoms with Crippen molar-refractivity contribution in [1.82, 2.24) is 4.98 Å². The Morgan fingerprint density at radius 2 is 0.886 bits per heavy atom. The van der Waals surface area contributed by atoms with E-state index in [4.69, 9.17) is 4.98 Å². The Bertz CT molecular complexity index is 2550. The van der Waals surface area contributed by atoms with Crippen LogP contribution in [0.3, 0.4) is 0 Å². The summed E-state index contributed by atoms with van der Waals surface area (Å²) in [6.45, 7) is 4.59. The molecule has 0 saturated heterocycles. The molecule has 6 aromatic rings. The van der Waals surface area contributed by atoms with Crippen molar-refractivity contribution in [3.05, 3.63) is 150 Å². The predicted octanol–water partition coefficient (Wildman–Crippen LogP) is 19.9. The maximum atomic E-state index is 5.47. The monoisotopic (exact) mass is 926 g/mol. The molecule has 70 heavy (non-hydrogen) atoms. The summed E-state index contributed by atoms with van der Waals surface area (Å²) in [7, 11) is 0. The largest absolute Gasteiger partial charge is 0.256 e. The smallest absolute Gasteiger partial charge is 0.0708 e. The van der Waals surface area contributed by atoms with Gasteiger partial charge in [-0.25, -0.2) is 0 Å². The number of unbranched alkanes of at least 4 members (excludes halogenated alkanes) is 6. The number of hydrogen-bond acceptors (Lipinski definition) is 1. The first-order chi connectivity index (χ1) is 34.5. The molecule has 4 saturated carbocycles. The third kappa shape index (κ3) is 9.66. The zero-order valence-corrected chi connectivity index (χ0v) is 43.3. The molecule has 11 rings (SSSR count). The number of fused-ring (bicyclic) bond motifs is 3. The number of benzene rings is 5. The molecule has 1 aromatic heterocycles. The molecule has 0 aliphatic heterocycles. The first kappa shape index (κ1) is 47.6. The average molecular weight is 926 g/mol. The van der Waals surface area contributed by atoms with Gasteiger partial charge in [-0.15, -0.1) is 0 Å². The number of rotatable bonds is 18. The number of aryl methyl sites for hydroxylation is 2. The molecule has 0 bridgehead atoms. The second-order valence-corrected chi connectivity index (χ2v) is 23.7. The van der Waals surface area contributed by atoms with Gasteiger partial charge in [0, 0.05) is 28.2 Å². The fourth-order valence-electron chi connectivity index (χ4n) is 15.8. The van der Waals surface area contributed by atoms with Gasteiger partial charge in [0.05, 0.1) is 5.69 Å². The van der Waals surface area contributed by atoms with Crippen LogP contribution in [-0.2, 0) is 23.7 Å². The Morgan fingerprint density at radius 1 is 0.414 bits per heavy atom. The van der Waals surface area contributed by atoms with Gasteiger partial charge in [0.15, 0.2) is 0 Å². The molecule has 0 amide bonds. The maximum absolute atomic E-state index is 5.47. The molecule has 1 heterocycles. The lowest BCUT2D eigenvalue weighted by Crippen LogP contribution is -2.43. The van der Waals surface area contributed by atoms with Crippen LogP contribution in [0.25, 0.3) is 55.8 Å². The van der Waals surface area contributed by atoms with Crippen LogP contribution in [-0.4, -0.2) is 4.98 Å². The molecule has 5 aliphatic carbocycles. The molecule has 2 unspecified atom stereocenters. The predicted molar refractivity (Wildman–Crippen MR) is 298 cm³/mol. The van der Waals surface area contributed by atoms with Crippen LogP contribution < -0.4 is 0 Å². The van der Waals surface area contributed by atoms with Crippen molar-refractivity contribution < 1.29 is 0 Å². The Morgan fingerprint density at radius 3 is 1.40 bits per heavy atom. The van der Waals surface area contributed by atoms with Gasteiger partial charge >= 0.3 is 0 Å². The van der Waals surface area contributed by atoms with Gasteiger partial charge < -0.3 is 0 Å². The highest BCUT2D eigenvalue weighted by atomic mass is 14.7. The fraction of sp³-hybridized carbons (Fsp3) is 0.493. The van der Waals surface area contributed by atoms with Crippen LogP contribution in [0.4, 0.5) is 0 Å². The minimum absolute atomic E-state index is 0.211. The summed E-state index contributed by atoms with van der Waals surface area (Å²) in [5, 5.41) is 0. The van der Waals surface area contributed by atoms with E-state index in [1.807, 2.05) is 0 Å². The van der Waals surface area contributed by atoms with Crippen LogP contribution in [0.15, 0.2) is 128 Å². The standard InChI is InChI=1S/C69H83N/c1-3-5-7-11-20-50-30-34-56(35-31-50)59-42-60(57-36-32-51(33-37-57)21-12-8-6-4-2)44-61(43-59)58-38-39-66(70-49-58)63-27-19-29-65-67(63)62-26-17-18-28-64(62)68-45-54(40-52-22-13-9-14-23-52)47-69(65,68)48-55(46-68)41-53-24-15-10-16-25-53/h17-19,26-39,42-44,49,52-55H,3-16,20-25,40-41,45-48H2,1-2H3. The molecule has 2 atom stereocenters. The van der Waals surface area contributed by atoms with E-state index >= 15 is 0 Å².